The third kappa shape index (κ3) is 4.49. The first-order valence-electron chi connectivity index (χ1n) is 10.4. The van der Waals surface area contributed by atoms with Gasteiger partial charge in [0.2, 0.25) is 0 Å². The van der Waals surface area contributed by atoms with Crippen molar-refractivity contribution in [2.45, 2.75) is 58.0 Å². The number of fused-ring (bicyclic) bond motifs is 1. The average molecular weight is 398 g/mol. The van der Waals surface area contributed by atoms with Gasteiger partial charge in [0, 0.05) is 36.2 Å². The summed E-state index contributed by atoms with van der Waals surface area (Å²) >= 11 is 1.84. The lowest BCUT2D eigenvalue weighted by Crippen LogP contribution is -2.46. The van der Waals surface area contributed by atoms with E-state index in [1.807, 2.05) is 11.8 Å². The molecule has 6 heteroatoms. The van der Waals surface area contributed by atoms with E-state index < -0.39 is 0 Å². The highest BCUT2D eigenvalue weighted by Crippen LogP contribution is 2.32. The minimum atomic E-state index is 0.0906. The summed E-state index contributed by atoms with van der Waals surface area (Å²) in [7, 11) is 0. The Morgan fingerprint density at radius 3 is 2.79 bits per heavy atom. The lowest BCUT2D eigenvalue weighted by Gasteiger charge is -2.37. The molecule has 1 N–H and O–H groups in total. The summed E-state index contributed by atoms with van der Waals surface area (Å²) in [6.45, 7) is 11.8. The molecule has 5 nitrogen and oxygen atoms in total. The molecule has 3 aliphatic heterocycles. The normalized spacial score (nSPS) is 28.5. The Morgan fingerprint density at radius 1 is 1.21 bits per heavy atom. The summed E-state index contributed by atoms with van der Waals surface area (Å²) in [6.07, 6.45) is 7.16. The molecule has 0 saturated carbocycles. The summed E-state index contributed by atoms with van der Waals surface area (Å²) < 4.78 is 0. The standard InChI is InChI=1S/C22H31N5S/c1-14-10-19(11-15(2)24-14)23-12-18-6-5-9-27(13-18)16(3)20-7-8-21-22(26-20)25-17(4)28-21/h7-8,10-11,16,18,21-22H,5-6,9,12-13H2,1-4H3,(H,23,24)/t16-,18-,21?,22?/m1/s1. The molecular weight excluding hydrogens is 366 g/mol. The maximum absolute atomic E-state index is 4.96. The van der Waals surface area contributed by atoms with E-state index in [9.17, 15) is 0 Å². The monoisotopic (exact) mass is 397 g/mol. The molecule has 4 atom stereocenters. The van der Waals surface area contributed by atoms with Gasteiger partial charge < -0.3 is 5.32 Å². The number of hydrogen-bond donors (Lipinski definition) is 1. The molecule has 0 radical (unpaired) electrons. The van der Waals surface area contributed by atoms with Crippen LogP contribution in [0.1, 0.15) is 38.1 Å². The molecule has 2 unspecified atom stereocenters. The fourth-order valence-electron chi connectivity index (χ4n) is 4.43. The van der Waals surface area contributed by atoms with Crippen molar-refractivity contribution in [3.63, 3.8) is 0 Å². The Bertz CT molecular complexity index is 795. The molecule has 0 bridgehead atoms. The first kappa shape index (κ1) is 19.6. The van der Waals surface area contributed by atoms with E-state index in [2.05, 4.69) is 72.2 Å². The molecule has 0 amide bonds. The van der Waals surface area contributed by atoms with Gasteiger partial charge in [-0.05, 0) is 71.2 Å². The van der Waals surface area contributed by atoms with Crippen LogP contribution >= 0.6 is 11.8 Å². The van der Waals surface area contributed by atoms with Gasteiger partial charge in [-0.1, -0.05) is 17.8 Å². The molecule has 0 aromatic carbocycles. The van der Waals surface area contributed by atoms with E-state index in [1.54, 1.807) is 0 Å². The fraction of sp³-hybridized carbons (Fsp3) is 0.591. The van der Waals surface area contributed by atoms with Gasteiger partial charge in [-0.15, -0.1) is 0 Å². The lowest BCUT2D eigenvalue weighted by atomic mass is 9.95. The number of hydrogen-bond acceptors (Lipinski definition) is 6. The maximum atomic E-state index is 4.96. The number of likely N-dealkylation sites (tertiary alicyclic amines) is 1. The van der Waals surface area contributed by atoms with Crippen LogP contribution in [0.4, 0.5) is 5.69 Å². The summed E-state index contributed by atoms with van der Waals surface area (Å²) in [5.74, 6) is 0.660. The second kappa shape index (κ2) is 8.37. The van der Waals surface area contributed by atoms with E-state index in [0.717, 1.165) is 36.1 Å². The topological polar surface area (TPSA) is 52.9 Å². The van der Waals surface area contributed by atoms with E-state index in [4.69, 9.17) is 4.99 Å². The van der Waals surface area contributed by atoms with Crippen LogP contribution in [0.15, 0.2) is 34.3 Å². The van der Waals surface area contributed by atoms with Crippen LogP contribution in [0, 0.1) is 19.8 Å². The summed E-state index contributed by atoms with van der Waals surface area (Å²) in [5.41, 5.74) is 4.52. The van der Waals surface area contributed by atoms with Gasteiger partial charge in [0.1, 0.15) is 0 Å². The number of aliphatic imine (C=N–C) groups is 2. The molecule has 28 heavy (non-hydrogen) atoms. The minimum Gasteiger partial charge on any atom is -0.385 e. The van der Waals surface area contributed by atoms with Gasteiger partial charge in [0.15, 0.2) is 6.17 Å². The number of pyridine rings is 1. The highest BCUT2D eigenvalue weighted by Gasteiger charge is 2.32. The average Bonchev–Trinajstić information content (AvgIpc) is 3.04. The third-order valence-corrected chi connectivity index (χ3v) is 6.97. The Balaban J connectivity index is 1.35. The number of piperidine rings is 1. The van der Waals surface area contributed by atoms with Crippen molar-refractivity contribution in [1.29, 1.82) is 0 Å². The number of nitrogens with one attached hydrogen (secondary N) is 1. The van der Waals surface area contributed by atoms with Crippen molar-refractivity contribution in [2.24, 2.45) is 15.9 Å². The number of rotatable bonds is 5. The van der Waals surface area contributed by atoms with E-state index >= 15 is 0 Å². The minimum absolute atomic E-state index is 0.0906. The summed E-state index contributed by atoms with van der Waals surface area (Å²) in [5, 5.41) is 5.20. The SMILES string of the molecule is CC1=NC2N=C([C@@H](C)N3CCC[C@H](CNc4cc(C)nc(C)c4)C3)C=CC2S1. The molecule has 0 spiro atoms. The van der Waals surface area contributed by atoms with Crippen molar-refractivity contribution in [3.8, 4) is 0 Å². The zero-order valence-corrected chi connectivity index (χ0v) is 18.2. The van der Waals surface area contributed by atoms with Crippen LogP contribution in [0.3, 0.4) is 0 Å². The Kier molecular flexibility index (Phi) is 5.88. The van der Waals surface area contributed by atoms with Gasteiger partial charge >= 0.3 is 0 Å². The van der Waals surface area contributed by atoms with E-state index in [0.29, 0.717) is 17.2 Å². The third-order valence-electron chi connectivity index (χ3n) is 5.86. The quantitative estimate of drug-likeness (QED) is 0.813. The number of anilines is 1. The highest BCUT2D eigenvalue weighted by atomic mass is 32.2. The van der Waals surface area contributed by atoms with Gasteiger partial charge in [-0.3, -0.25) is 19.9 Å². The predicted molar refractivity (Wildman–Crippen MR) is 121 cm³/mol. The molecule has 4 rings (SSSR count). The van der Waals surface area contributed by atoms with Crippen molar-refractivity contribution < 1.29 is 0 Å². The van der Waals surface area contributed by atoms with Crippen LogP contribution in [0.5, 0.6) is 0 Å². The van der Waals surface area contributed by atoms with Crippen molar-refractivity contribution in [2.75, 3.05) is 25.0 Å². The predicted octanol–water partition coefficient (Wildman–Crippen LogP) is 4.08. The fourth-order valence-corrected chi connectivity index (χ4v) is 5.39. The van der Waals surface area contributed by atoms with Crippen LogP contribution in [-0.4, -0.2) is 57.7 Å². The number of aromatic nitrogens is 1. The molecule has 1 saturated heterocycles. The van der Waals surface area contributed by atoms with Gasteiger partial charge in [-0.2, -0.15) is 0 Å². The summed E-state index contributed by atoms with van der Waals surface area (Å²) in [4.78, 5) is 16.7. The largest absolute Gasteiger partial charge is 0.385 e. The first-order chi connectivity index (χ1) is 13.5. The Hall–Kier alpha value is -1.66. The molecule has 1 aromatic heterocycles. The van der Waals surface area contributed by atoms with E-state index in [1.165, 1.54) is 24.2 Å². The molecule has 150 valence electrons. The maximum Gasteiger partial charge on any atom is 0.156 e. The Morgan fingerprint density at radius 2 is 2.00 bits per heavy atom. The Labute approximate surface area is 172 Å². The molecule has 3 aliphatic rings. The molecule has 1 aromatic rings. The number of thioether (sulfide) groups is 1. The van der Waals surface area contributed by atoms with Crippen LogP contribution in [0.2, 0.25) is 0 Å². The molecular formula is C22H31N5S. The van der Waals surface area contributed by atoms with Crippen LogP contribution in [0.25, 0.3) is 0 Å². The summed E-state index contributed by atoms with van der Waals surface area (Å²) in [6, 6.07) is 4.62. The van der Waals surface area contributed by atoms with Crippen molar-refractivity contribution in [3.05, 3.63) is 35.7 Å². The number of aryl methyl sites for hydroxylation is 2. The van der Waals surface area contributed by atoms with Crippen LogP contribution in [-0.2, 0) is 0 Å². The smallest absolute Gasteiger partial charge is 0.156 e. The van der Waals surface area contributed by atoms with Gasteiger partial charge in [-0.25, -0.2) is 0 Å². The number of dihydropyridines is 1. The number of nitrogens with zero attached hydrogens (tertiary/aromatic N) is 4. The second-order valence-corrected chi connectivity index (χ2v) is 9.63. The van der Waals surface area contributed by atoms with Crippen molar-refractivity contribution in [1.82, 2.24) is 9.88 Å². The first-order valence-corrected chi connectivity index (χ1v) is 11.3. The van der Waals surface area contributed by atoms with Crippen LogP contribution < -0.4 is 5.32 Å². The van der Waals surface area contributed by atoms with Crippen molar-refractivity contribution >= 4 is 28.2 Å². The highest BCUT2D eigenvalue weighted by molar-refractivity contribution is 8.14. The zero-order valence-electron chi connectivity index (χ0n) is 17.4. The molecule has 4 heterocycles. The molecule has 1 fully saturated rings. The lowest BCUT2D eigenvalue weighted by molar-refractivity contribution is 0.166. The molecule has 0 aliphatic carbocycles. The van der Waals surface area contributed by atoms with E-state index in [-0.39, 0.29) is 6.17 Å². The zero-order chi connectivity index (χ0) is 19.7. The van der Waals surface area contributed by atoms with Gasteiger partial charge in [0.25, 0.3) is 0 Å². The second-order valence-electron chi connectivity index (χ2n) is 8.26. The van der Waals surface area contributed by atoms with Gasteiger partial charge in [0.05, 0.1) is 16.0 Å².